The van der Waals surface area contributed by atoms with Crippen molar-refractivity contribution >= 4 is 5.95 Å². The maximum Gasteiger partial charge on any atom is 0.219 e. The lowest BCUT2D eigenvalue weighted by Gasteiger charge is -2.09. The summed E-state index contributed by atoms with van der Waals surface area (Å²) >= 11 is 0. The molecule has 6 heteroatoms. The summed E-state index contributed by atoms with van der Waals surface area (Å²) in [6.07, 6.45) is 11.0. The minimum absolute atomic E-state index is 0.236. The number of hydrogen-bond acceptors (Lipinski definition) is 5. The van der Waals surface area contributed by atoms with Gasteiger partial charge in [-0.2, -0.15) is 5.10 Å². The SMILES string of the molecule is Nc1ncc(C#Cc2cncc(-n3cc4c(n3)[C@@H](c3ccccc3)CC4)c2)cn1. The van der Waals surface area contributed by atoms with Gasteiger partial charge in [-0.15, -0.1) is 0 Å². The molecule has 0 amide bonds. The van der Waals surface area contributed by atoms with Crippen molar-refractivity contribution < 1.29 is 0 Å². The number of nitrogens with zero attached hydrogens (tertiary/aromatic N) is 5. The zero-order valence-electron chi connectivity index (χ0n) is 15.7. The van der Waals surface area contributed by atoms with Crippen LogP contribution >= 0.6 is 0 Å². The highest BCUT2D eigenvalue weighted by Crippen LogP contribution is 2.37. The van der Waals surface area contributed by atoms with Crippen LogP contribution in [0.4, 0.5) is 5.95 Å². The summed E-state index contributed by atoms with van der Waals surface area (Å²) in [7, 11) is 0. The fraction of sp³-hybridized carbons (Fsp3) is 0.130. The molecule has 0 saturated carbocycles. The van der Waals surface area contributed by atoms with E-state index in [1.165, 1.54) is 11.1 Å². The second-order valence-electron chi connectivity index (χ2n) is 7.00. The average molecular weight is 378 g/mol. The molecule has 1 aliphatic rings. The third-order valence-corrected chi connectivity index (χ3v) is 5.07. The standard InChI is InChI=1S/C23H18N6/c24-23-26-12-17(13-27-23)7-6-16-10-20(14-25-11-16)29-15-19-8-9-21(22(19)28-29)18-4-2-1-3-5-18/h1-5,10-15,21H,8-9H2,(H2,24,26,27)/t21-/m1/s1. The Hall–Kier alpha value is -3.98. The molecule has 0 fully saturated rings. The van der Waals surface area contributed by atoms with Crippen LogP contribution in [0.15, 0.2) is 67.4 Å². The number of aryl methyl sites for hydroxylation is 1. The van der Waals surface area contributed by atoms with Crippen LogP contribution in [0.2, 0.25) is 0 Å². The Bertz CT molecular complexity index is 1220. The highest BCUT2D eigenvalue weighted by Gasteiger charge is 2.27. The molecule has 29 heavy (non-hydrogen) atoms. The van der Waals surface area contributed by atoms with Gasteiger partial charge in [-0.3, -0.25) is 4.98 Å². The van der Waals surface area contributed by atoms with Gasteiger partial charge in [-0.05, 0) is 30.0 Å². The first-order valence-electron chi connectivity index (χ1n) is 9.44. The van der Waals surface area contributed by atoms with Crippen molar-refractivity contribution in [2.24, 2.45) is 0 Å². The van der Waals surface area contributed by atoms with Crippen LogP contribution in [-0.2, 0) is 6.42 Å². The van der Waals surface area contributed by atoms with E-state index >= 15 is 0 Å². The third kappa shape index (κ3) is 3.46. The summed E-state index contributed by atoms with van der Waals surface area (Å²) in [6.45, 7) is 0. The van der Waals surface area contributed by atoms with E-state index in [1.807, 2.05) is 16.8 Å². The van der Waals surface area contributed by atoms with E-state index in [0.29, 0.717) is 11.5 Å². The Labute approximate surface area is 168 Å². The molecule has 0 aliphatic heterocycles. The Morgan fingerprint density at radius 1 is 0.966 bits per heavy atom. The summed E-state index contributed by atoms with van der Waals surface area (Å²) in [4.78, 5) is 12.2. The first-order valence-corrected chi connectivity index (χ1v) is 9.44. The number of nitrogens with two attached hydrogens (primary N) is 1. The predicted molar refractivity (Wildman–Crippen MR) is 110 cm³/mol. The summed E-state index contributed by atoms with van der Waals surface area (Å²) in [5, 5.41) is 4.88. The second-order valence-corrected chi connectivity index (χ2v) is 7.00. The molecule has 140 valence electrons. The van der Waals surface area contributed by atoms with Crippen LogP contribution in [0.25, 0.3) is 5.69 Å². The van der Waals surface area contributed by atoms with Crippen molar-refractivity contribution in [1.29, 1.82) is 0 Å². The fourth-order valence-electron chi connectivity index (χ4n) is 3.66. The van der Waals surface area contributed by atoms with Crippen LogP contribution in [0, 0.1) is 11.8 Å². The van der Waals surface area contributed by atoms with Crippen LogP contribution in [0.5, 0.6) is 0 Å². The van der Waals surface area contributed by atoms with Crippen LogP contribution in [0.3, 0.4) is 0 Å². The number of aromatic nitrogens is 5. The lowest BCUT2D eigenvalue weighted by atomic mass is 9.97. The lowest BCUT2D eigenvalue weighted by Crippen LogP contribution is -2.02. The van der Waals surface area contributed by atoms with Gasteiger partial charge in [-0.25, -0.2) is 14.6 Å². The zero-order chi connectivity index (χ0) is 19.6. The minimum atomic E-state index is 0.236. The van der Waals surface area contributed by atoms with Crippen molar-refractivity contribution in [2.75, 3.05) is 5.73 Å². The number of fused-ring (bicyclic) bond motifs is 1. The van der Waals surface area contributed by atoms with E-state index in [-0.39, 0.29) is 5.95 Å². The smallest absolute Gasteiger partial charge is 0.219 e. The summed E-state index contributed by atoms with van der Waals surface area (Å²) in [6, 6.07) is 12.6. The number of benzene rings is 1. The summed E-state index contributed by atoms with van der Waals surface area (Å²) < 4.78 is 1.91. The molecule has 2 N–H and O–H groups in total. The number of anilines is 1. The first-order chi connectivity index (χ1) is 14.3. The summed E-state index contributed by atoms with van der Waals surface area (Å²) in [5.74, 6) is 6.73. The predicted octanol–water partition coefficient (Wildman–Crippen LogP) is 3.12. The maximum atomic E-state index is 5.51. The van der Waals surface area contributed by atoms with E-state index < -0.39 is 0 Å². The Morgan fingerprint density at radius 3 is 2.59 bits per heavy atom. The minimum Gasteiger partial charge on any atom is -0.368 e. The van der Waals surface area contributed by atoms with Crippen molar-refractivity contribution in [1.82, 2.24) is 24.7 Å². The molecule has 3 heterocycles. The number of rotatable bonds is 2. The molecule has 5 rings (SSSR count). The molecule has 1 aliphatic carbocycles. The van der Waals surface area contributed by atoms with Gasteiger partial charge in [0.25, 0.3) is 0 Å². The van der Waals surface area contributed by atoms with Crippen LogP contribution in [0.1, 0.15) is 40.3 Å². The Kier molecular flexibility index (Phi) is 4.26. The van der Waals surface area contributed by atoms with Crippen molar-refractivity contribution in [3.8, 4) is 17.5 Å². The molecule has 0 saturated heterocycles. The zero-order valence-corrected chi connectivity index (χ0v) is 15.7. The third-order valence-electron chi connectivity index (χ3n) is 5.07. The Morgan fingerprint density at radius 2 is 1.76 bits per heavy atom. The van der Waals surface area contributed by atoms with Gasteiger partial charge < -0.3 is 5.73 Å². The van der Waals surface area contributed by atoms with E-state index in [2.05, 4.69) is 57.3 Å². The molecule has 0 bridgehead atoms. The highest BCUT2D eigenvalue weighted by molar-refractivity contribution is 5.46. The summed E-state index contributed by atoms with van der Waals surface area (Å²) in [5.41, 5.74) is 11.7. The number of hydrogen-bond donors (Lipinski definition) is 1. The van der Waals surface area contributed by atoms with Gasteiger partial charge in [0.05, 0.1) is 23.1 Å². The normalized spacial score (nSPS) is 14.8. The number of nitrogen functional groups attached to an aromatic ring is 1. The first kappa shape index (κ1) is 17.1. The van der Waals surface area contributed by atoms with Gasteiger partial charge in [-0.1, -0.05) is 42.2 Å². The molecule has 6 nitrogen and oxygen atoms in total. The second kappa shape index (κ2) is 7.21. The van der Waals surface area contributed by atoms with E-state index in [4.69, 9.17) is 10.8 Å². The fourth-order valence-corrected chi connectivity index (χ4v) is 3.66. The van der Waals surface area contributed by atoms with Gasteiger partial charge in [0.1, 0.15) is 0 Å². The highest BCUT2D eigenvalue weighted by atomic mass is 15.3. The molecule has 1 aromatic carbocycles. The van der Waals surface area contributed by atoms with Crippen LogP contribution < -0.4 is 5.73 Å². The lowest BCUT2D eigenvalue weighted by molar-refractivity contribution is 0.725. The molecule has 0 unspecified atom stereocenters. The Balaban J connectivity index is 1.43. The van der Waals surface area contributed by atoms with Crippen LogP contribution in [-0.4, -0.2) is 24.7 Å². The van der Waals surface area contributed by atoms with E-state index in [0.717, 1.165) is 29.8 Å². The van der Waals surface area contributed by atoms with Crippen molar-refractivity contribution in [2.45, 2.75) is 18.8 Å². The molecule has 1 atom stereocenters. The average Bonchev–Trinajstić information content (AvgIpc) is 3.35. The topological polar surface area (TPSA) is 82.5 Å². The monoisotopic (exact) mass is 378 g/mol. The molecule has 4 aromatic rings. The van der Waals surface area contributed by atoms with Gasteiger partial charge in [0.2, 0.25) is 5.95 Å². The van der Waals surface area contributed by atoms with Crippen molar-refractivity contribution in [3.63, 3.8) is 0 Å². The molecule has 0 radical (unpaired) electrons. The largest absolute Gasteiger partial charge is 0.368 e. The number of pyridine rings is 1. The van der Waals surface area contributed by atoms with Gasteiger partial charge >= 0.3 is 0 Å². The molecule has 0 spiro atoms. The quantitative estimate of drug-likeness (QED) is 0.542. The van der Waals surface area contributed by atoms with Gasteiger partial charge in [0, 0.05) is 36.3 Å². The maximum absolute atomic E-state index is 5.51. The van der Waals surface area contributed by atoms with Gasteiger partial charge in [0.15, 0.2) is 0 Å². The molecular formula is C23H18N6. The molecular weight excluding hydrogens is 360 g/mol. The van der Waals surface area contributed by atoms with Crippen molar-refractivity contribution in [3.05, 3.63) is 95.3 Å². The molecule has 3 aromatic heterocycles. The van der Waals surface area contributed by atoms with E-state index in [1.54, 1.807) is 24.8 Å². The van der Waals surface area contributed by atoms with E-state index in [9.17, 15) is 0 Å².